The summed E-state index contributed by atoms with van der Waals surface area (Å²) in [5.74, 6) is -5.56. The predicted molar refractivity (Wildman–Crippen MR) is 77.1 cm³/mol. The molecule has 0 bridgehead atoms. The first-order chi connectivity index (χ1) is 11.2. The van der Waals surface area contributed by atoms with Crippen molar-refractivity contribution in [1.29, 1.82) is 0 Å². The van der Waals surface area contributed by atoms with E-state index in [1.54, 1.807) is 0 Å². The number of hydrogen-bond donors (Lipinski definition) is 3. The van der Waals surface area contributed by atoms with Crippen LogP contribution in [0.15, 0.2) is 0 Å². The van der Waals surface area contributed by atoms with Crippen LogP contribution < -0.4 is 5.32 Å². The third-order valence-corrected chi connectivity index (χ3v) is 3.58. The van der Waals surface area contributed by atoms with Gasteiger partial charge < -0.3 is 20.3 Å². The summed E-state index contributed by atoms with van der Waals surface area (Å²) in [5, 5.41) is 20.7. The number of aliphatic hydroxyl groups is 1. The van der Waals surface area contributed by atoms with Crippen LogP contribution in [0.3, 0.4) is 0 Å². The van der Waals surface area contributed by atoms with Crippen LogP contribution in [-0.4, -0.2) is 58.0 Å². The van der Waals surface area contributed by atoms with E-state index in [1.165, 1.54) is 0 Å². The van der Waals surface area contributed by atoms with Crippen molar-refractivity contribution in [3.63, 3.8) is 0 Å². The first-order valence-electron chi connectivity index (χ1n) is 7.71. The van der Waals surface area contributed by atoms with Crippen molar-refractivity contribution < 1.29 is 38.1 Å². The van der Waals surface area contributed by atoms with Gasteiger partial charge in [-0.1, -0.05) is 13.3 Å². The van der Waals surface area contributed by atoms with E-state index < -0.39 is 55.5 Å². The molecule has 8 nitrogen and oxygen atoms in total. The van der Waals surface area contributed by atoms with Gasteiger partial charge in [0.25, 0.3) is 5.92 Å². The van der Waals surface area contributed by atoms with Gasteiger partial charge in [0.1, 0.15) is 6.17 Å². The van der Waals surface area contributed by atoms with Gasteiger partial charge >= 0.3 is 12.1 Å². The normalized spacial score (nSPS) is 21.2. The predicted octanol–water partition coefficient (Wildman–Crippen LogP) is 1.28. The van der Waals surface area contributed by atoms with E-state index in [2.05, 4.69) is 5.32 Å². The number of likely N-dealkylation sites (tertiary alicyclic amines) is 1. The second-order valence-corrected chi connectivity index (χ2v) is 5.52. The van der Waals surface area contributed by atoms with Crippen molar-refractivity contribution in [2.45, 2.75) is 63.8 Å². The number of carbonyl (C=O) groups is 3. The molecule has 1 aliphatic rings. The number of piperidine rings is 1. The van der Waals surface area contributed by atoms with Crippen molar-refractivity contribution in [3.05, 3.63) is 0 Å². The molecule has 2 unspecified atom stereocenters. The molecule has 24 heavy (non-hydrogen) atoms. The number of carbonyl (C=O) groups excluding carboxylic acids is 2. The lowest BCUT2D eigenvalue weighted by Crippen LogP contribution is -2.62. The standard InChI is InChI=1S/C14H22F2N2O6/c1-2-3-8-24-13(23)17-9(4-5-11(20)21)18-10(19)6-7-14(15,16)12(18)22/h9,12,22H,2-8H2,1H3,(H,17,23)(H,20,21). The minimum atomic E-state index is -3.54. The number of rotatable bonds is 8. The summed E-state index contributed by atoms with van der Waals surface area (Å²) < 4.78 is 32.2. The Morgan fingerprint density at radius 1 is 1.50 bits per heavy atom. The van der Waals surface area contributed by atoms with Crippen LogP contribution >= 0.6 is 0 Å². The maximum absolute atomic E-state index is 13.7. The second kappa shape index (κ2) is 8.76. The lowest BCUT2D eigenvalue weighted by molar-refractivity contribution is -0.214. The van der Waals surface area contributed by atoms with Gasteiger partial charge in [0, 0.05) is 19.3 Å². The molecule has 0 aromatic carbocycles. The number of halogens is 2. The Hall–Kier alpha value is -1.97. The highest BCUT2D eigenvalue weighted by atomic mass is 19.3. The topological polar surface area (TPSA) is 116 Å². The van der Waals surface area contributed by atoms with E-state index in [0.717, 1.165) is 6.42 Å². The average molecular weight is 352 g/mol. The quantitative estimate of drug-likeness (QED) is 0.567. The monoisotopic (exact) mass is 352 g/mol. The number of ether oxygens (including phenoxy) is 1. The van der Waals surface area contributed by atoms with Gasteiger partial charge in [-0.25, -0.2) is 13.6 Å². The molecule has 0 spiro atoms. The molecule has 0 saturated carbocycles. The summed E-state index contributed by atoms with van der Waals surface area (Å²) in [5.41, 5.74) is 0. The van der Waals surface area contributed by atoms with Gasteiger partial charge in [-0.15, -0.1) is 0 Å². The molecule has 10 heteroatoms. The van der Waals surface area contributed by atoms with E-state index in [0.29, 0.717) is 11.3 Å². The number of nitrogens with zero attached hydrogens (tertiary/aromatic N) is 1. The third kappa shape index (κ3) is 5.59. The van der Waals surface area contributed by atoms with Gasteiger partial charge in [0.05, 0.1) is 6.61 Å². The third-order valence-electron chi connectivity index (χ3n) is 3.58. The second-order valence-electron chi connectivity index (χ2n) is 5.52. The molecule has 1 heterocycles. The zero-order chi connectivity index (χ0) is 18.3. The number of alkyl halides is 2. The number of carboxylic acids is 1. The number of alkyl carbamates (subject to hydrolysis) is 1. The van der Waals surface area contributed by atoms with Crippen molar-refractivity contribution in [1.82, 2.24) is 10.2 Å². The summed E-state index contributed by atoms with van der Waals surface area (Å²) in [6.07, 6.45) is -5.58. The summed E-state index contributed by atoms with van der Waals surface area (Å²) in [4.78, 5) is 34.8. The number of nitrogens with one attached hydrogen (secondary N) is 1. The Morgan fingerprint density at radius 2 is 2.17 bits per heavy atom. The first kappa shape index (κ1) is 20.1. The highest BCUT2D eigenvalue weighted by Crippen LogP contribution is 2.33. The van der Waals surface area contributed by atoms with Crippen LogP contribution in [-0.2, 0) is 14.3 Å². The van der Waals surface area contributed by atoms with Crippen molar-refractivity contribution in [2.24, 2.45) is 0 Å². The minimum absolute atomic E-state index is 0.0979. The summed E-state index contributed by atoms with van der Waals surface area (Å²) >= 11 is 0. The maximum Gasteiger partial charge on any atom is 0.408 e. The van der Waals surface area contributed by atoms with Gasteiger partial charge in [-0.3, -0.25) is 14.5 Å². The van der Waals surface area contributed by atoms with E-state index in [4.69, 9.17) is 9.84 Å². The van der Waals surface area contributed by atoms with Crippen LogP contribution in [0.25, 0.3) is 0 Å². The number of aliphatic hydroxyl groups excluding tert-OH is 1. The fraction of sp³-hybridized carbons (Fsp3) is 0.786. The number of carboxylic acid groups (broad SMARTS) is 1. The average Bonchev–Trinajstić information content (AvgIpc) is 2.49. The lowest BCUT2D eigenvalue weighted by Gasteiger charge is -2.41. The fourth-order valence-corrected chi connectivity index (χ4v) is 2.24. The molecule has 138 valence electrons. The summed E-state index contributed by atoms with van der Waals surface area (Å²) in [7, 11) is 0. The van der Waals surface area contributed by atoms with E-state index in [9.17, 15) is 28.3 Å². The van der Waals surface area contributed by atoms with Crippen LogP contribution in [0.4, 0.5) is 13.6 Å². The van der Waals surface area contributed by atoms with Gasteiger partial charge in [-0.05, 0) is 12.8 Å². The largest absolute Gasteiger partial charge is 0.481 e. The van der Waals surface area contributed by atoms with Crippen molar-refractivity contribution in [3.8, 4) is 0 Å². The van der Waals surface area contributed by atoms with E-state index in [-0.39, 0.29) is 13.0 Å². The minimum Gasteiger partial charge on any atom is -0.481 e. The van der Waals surface area contributed by atoms with Gasteiger partial charge in [0.2, 0.25) is 5.91 Å². The molecule has 0 radical (unpaired) electrons. The zero-order valence-corrected chi connectivity index (χ0v) is 13.3. The lowest BCUT2D eigenvalue weighted by atomic mass is 10.0. The molecule has 3 N–H and O–H groups in total. The van der Waals surface area contributed by atoms with Crippen LogP contribution in [0.2, 0.25) is 0 Å². The van der Waals surface area contributed by atoms with Crippen LogP contribution in [0.1, 0.15) is 45.4 Å². The van der Waals surface area contributed by atoms with Gasteiger partial charge in [0.15, 0.2) is 6.23 Å². The number of amides is 2. The van der Waals surface area contributed by atoms with E-state index in [1.807, 2.05) is 6.92 Å². The molecule has 2 atom stereocenters. The molecule has 0 aromatic rings. The molecule has 1 saturated heterocycles. The molecule has 1 fully saturated rings. The Kier molecular flexibility index (Phi) is 7.33. The molecular formula is C14H22F2N2O6. The Labute approximate surface area is 137 Å². The Bertz CT molecular complexity index is 474. The highest BCUT2D eigenvalue weighted by Gasteiger charge is 2.50. The zero-order valence-electron chi connectivity index (χ0n) is 13.3. The maximum atomic E-state index is 13.7. The number of hydrogen-bond acceptors (Lipinski definition) is 5. The molecule has 0 aromatic heterocycles. The smallest absolute Gasteiger partial charge is 0.408 e. The Balaban J connectivity index is 2.84. The highest BCUT2D eigenvalue weighted by molar-refractivity contribution is 5.79. The SMILES string of the molecule is CCCCOC(=O)NC(CCC(=O)O)N1C(=O)CCC(F)(F)C1O. The van der Waals surface area contributed by atoms with Crippen molar-refractivity contribution in [2.75, 3.05) is 6.61 Å². The van der Waals surface area contributed by atoms with Gasteiger partial charge in [-0.2, -0.15) is 0 Å². The summed E-state index contributed by atoms with van der Waals surface area (Å²) in [6, 6.07) is 0. The van der Waals surface area contributed by atoms with Crippen LogP contribution in [0, 0.1) is 0 Å². The fourth-order valence-electron chi connectivity index (χ4n) is 2.24. The molecular weight excluding hydrogens is 330 g/mol. The Morgan fingerprint density at radius 3 is 2.75 bits per heavy atom. The molecule has 2 amide bonds. The van der Waals surface area contributed by atoms with E-state index >= 15 is 0 Å². The number of aliphatic carboxylic acids is 1. The van der Waals surface area contributed by atoms with Crippen LogP contribution in [0.5, 0.6) is 0 Å². The number of unbranched alkanes of at least 4 members (excludes halogenated alkanes) is 1. The molecule has 1 aliphatic heterocycles. The molecule has 1 rings (SSSR count). The molecule has 0 aliphatic carbocycles. The van der Waals surface area contributed by atoms with Crippen molar-refractivity contribution >= 4 is 18.0 Å². The first-order valence-corrected chi connectivity index (χ1v) is 7.71. The summed E-state index contributed by atoms with van der Waals surface area (Å²) in [6.45, 7) is 1.97.